The van der Waals surface area contributed by atoms with Gasteiger partial charge in [0.2, 0.25) is 0 Å². The first kappa shape index (κ1) is 17.9. The monoisotopic (exact) mass is 371 g/mol. The lowest BCUT2D eigenvalue weighted by Crippen LogP contribution is -2.34. The fourth-order valence-corrected chi connectivity index (χ4v) is 3.40. The van der Waals surface area contributed by atoms with Gasteiger partial charge in [-0.15, -0.1) is 0 Å². The number of allylic oxidation sites excluding steroid dienone is 1. The van der Waals surface area contributed by atoms with Crippen molar-refractivity contribution in [1.29, 1.82) is 0 Å². The van der Waals surface area contributed by atoms with Gasteiger partial charge in [-0.1, -0.05) is 60.4 Å². The second-order valence-corrected chi connectivity index (χ2v) is 6.81. The minimum Gasteiger partial charge on any atom is -0.387 e. The summed E-state index contributed by atoms with van der Waals surface area (Å²) in [7, 11) is 0. The molecule has 0 aliphatic heterocycles. The van der Waals surface area contributed by atoms with Gasteiger partial charge in [-0.2, -0.15) is 0 Å². The van der Waals surface area contributed by atoms with E-state index >= 15 is 0 Å². The summed E-state index contributed by atoms with van der Waals surface area (Å²) in [5.74, 6) is 4.70. The van der Waals surface area contributed by atoms with Crippen LogP contribution in [0.3, 0.4) is 0 Å². The predicted molar refractivity (Wildman–Crippen MR) is 108 cm³/mol. The van der Waals surface area contributed by atoms with E-state index in [4.69, 9.17) is 5.21 Å². The van der Waals surface area contributed by atoms with Crippen LogP contribution >= 0.6 is 0 Å². The Labute approximate surface area is 163 Å². The minimum atomic E-state index is -0.471. The van der Waals surface area contributed by atoms with Gasteiger partial charge in [-0.25, -0.2) is 5.48 Å². The highest BCUT2D eigenvalue weighted by molar-refractivity contribution is 5.84. The molecule has 4 N–H and O–H groups in total. The number of H-pyrrole nitrogens is 1. The number of carbonyl (C=O) groups excluding carboxylic acids is 1. The quantitative estimate of drug-likeness (QED) is 0.293. The number of aromatic amines is 1. The Morgan fingerprint density at radius 2 is 1.96 bits per heavy atom. The first-order valence-electron chi connectivity index (χ1n) is 9.23. The maximum Gasteiger partial charge on any atom is 0.260 e. The summed E-state index contributed by atoms with van der Waals surface area (Å²) in [4.78, 5) is 14.8. The summed E-state index contributed by atoms with van der Waals surface area (Å²) >= 11 is 0. The van der Waals surface area contributed by atoms with Gasteiger partial charge in [0.15, 0.2) is 0 Å². The van der Waals surface area contributed by atoms with E-state index in [2.05, 4.69) is 52.6 Å². The average Bonchev–Trinajstić information content (AvgIpc) is 3.11. The number of hydrogen-bond acceptors (Lipinski definition) is 3. The largest absolute Gasteiger partial charge is 0.387 e. The molecule has 140 valence electrons. The number of fused-ring (bicyclic) bond motifs is 1. The van der Waals surface area contributed by atoms with E-state index in [0.717, 1.165) is 29.6 Å². The molecule has 2 aromatic carbocycles. The summed E-state index contributed by atoms with van der Waals surface area (Å²) in [5.41, 5.74) is 6.26. The lowest BCUT2D eigenvalue weighted by Gasteiger charge is -2.23. The van der Waals surface area contributed by atoms with Gasteiger partial charge in [-0.05, 0) is 35.4 Å². The number of hydroxylamine groups is 1. The van der Waals surface area contributed by atoms with E-state index in [0.29, 0.717) is 0 Å². The standard InChI is InChI=1S/C23H21N3O2/c27-23(26-28)21-12-11-19(21)17-9-7-16(8-10-17)14-24-13-3-4-18-15-25-22-6-2-1-5-20(18)22/h1-3,5-10,13,15,19,21,24-25,28H,4,14H2,(H,26,27). The molecule has 1 aromatic heterocycles. The molecule has 3 aromatic rings. The number of para-hydroxylation sites is 1. The number of amides is 1. The number of nitrogens with one attached hydrogen (secondary N) is 3. The summed E-state index contributed by atoms with van der Waals surface area (Å²) in [6, 6.07) is 16.3. The molecule has 0 saturated heterocycles. The van der Waals surface area contributed by atoms with Crippen molar-refractivity contribution < 1.29 is 10.0 Å². The molecule has 0 radical (unpaired) electrons. The first-order valence-corrected chi connectivity index (χ1v) is 9.23. The molecule has 0 spiro atoms. The molecule has 2 unspecified atom stereocenters. The summed E-state index contributed by atoms with van der Waals surface area (Å²) in [5, 5.41) is 13.3. The molecule has 0 fully saturated rings. The Balaban J connectivity index is 1.28. The van der Waals surface area contributed by atoms with Crippen LogP contribution in [0.25, 0.3) is 10.9 Å². The molecule has 1 aliphatic rings. The van der Waals surface area contributed by atoms with Crippen LogP contribution in [0, 0.1) is 17.8 Å². The van der Waals surface area contributed by atoms with Crippen molar-refractivity contribution in [3.8, 4) is 11.8 Å². The SMILES string of the molecule is O=C(NO)C1C#CC1c1ccc(CNC=CCc2c[nH]c3ccccc23)cc1. The van der Waals surface area contributed by atoms with E-state index < -0.39 is 11.8 Å². The molecule has 0 saturated carbocycles. The van der Waals surface area contributed by atoms with Crippen LogP contribution in [0.15, 0.2) is 67.0 Å². The zero-order chi connectivity index (χ0) is 19.3. The molecule has 1 aliphatic carbocycles. The van der Waals surface area contributed by atoms with Crippen molar-refractivity contribution >= 4 is 16.8 Å². The van der Waals surface area contributed by atoms with Crippen LogP contribution in [-0.2, 0) is 17.8 Å². The summed E-state index contributed by atoms with van der Waals surface area (Å²) in [6.07, 6.45) is 7.02. The van der Waals surface area contributed by atoms with Crippen LogP contribution in [0.2, 0.25) is 0 Å². The second-order valence-electron chi connectivity index (χ2n) is 6.81. The van der Waals surface area contributed by atoms with Gasteiger partial charge in [0.05, 0.1) is 5.92 Å². The first-order chi connectivity index (χ1) is 13.8. The lowest BCUT2D eigenvalue weighted by atomic mass is 9.79. The number of rotatable bonds is 7. The molecular weight excluding hydrogens is 350 g/mol. The highest BCUT2D eigenvalue weighted by atomic mass is 16.5. The van der Waals surface area contributed by atoms with E-state index in [1.807, 2.05) is 36.5 Å². The predicted octanol–water partition coefficient (Wildman–Crippen LogP) is 3.24. The maximum atomic E-state index is 11.5. The highest BCUT2D eigenvalue weighted by Gasteiger charge is 2.31. The topological polar surface area (TPSA) is 77.2 Å². The van der Waals surface area contributed by atoms with Crippen molar-refractivity contribution in [3.63, 3.8) is 0 Å². The third kappa shape index (κ3) is 3.64. The number of aromatic nitrogens is 1. The molecule has 1 heterocycles. The maximum absolute atomic E-state index is 11.5. The van der Waals surface area contributed by atoms with Gasteiger partial charge >= 0.3 is 0 Å². The Hall–Kier alpha value is -3.49. The molecule has 5 nitrogen and oxygen atoms in total. The smallest absolute Gasteiger partial charge is 0.260 e. The average molecular weight is 371 g/mol. The molecule has 2 atom stereocenters. The Bertz CT molecular complexity index is 1070. The van der Waals surface area contributed by atoms with Crippen LogP contribution in [0.5, 0.6) is 0 Å². The van der Waals surface area contributed by atoms with E-state index in [1.54, 1.807) is 5.48 Å². The molecule has 1 amide bonds. The summed E-state index contributed by atoms with van der Waals surface area (Å²) in [6.45, 7) is 0.724. The fraction of sp³-hybridized carbons (Fsp3) is 0.174. The summed E-state index contributed by atoms with van der Waals surface area (Å²) < 4.78 is 0. The van der Waals surface area contributed by atoms with Gasteiger partial charge < -0.3 is 10.3 Å². The minimum absolute atomic E-state index is 0.148. The van der Waals surface area contributed by atoms with E-state index in [1.165, 1.54) is 10.9 Å². The normalized spacial score (nSPS) is 17.8. The van der Waals surface area contributed by atoms with Crippen molar-refractivity contribution in [2.75, 3.05) is 0 Å². The second kappa shape index (κ2) is 8.03. The Kier molecular flexibility index (Phi) is 5.14. The van der Waals surface area contributed by atoms with Gasteiger partial charge in [0, 0.05) is 23.6 Å². The van der Waals surface area contributed by atoms with Crippen LogP contribution < -0.4 is 10.8 Å². The molecule has 0 bridgehead atoms. The molecule has 4 rings (SSSR count). The number of hydrogen-bond donors (Lipinski definition) is 4. The van der Waals surface area contributed by atoms with Crippen LogP contribution in [0.1, 0.15) is 22.6 Å². The Morgan fingerprint density at radius 1 is 1.14 bits per heavy atom. The fourth-order valence-electron chi connectivity index (χ4n) is 3.40. The van der Waals surface area contributed by atoms with Gasteiger partial charge in [0.25, 0.3) is 5.91 Å². The van der Waals surface area contributed by atoms with E-state index in [9.17, 15) is 4.79 Å². The molecule has 5 heteroatoms. The third-order valence-electron chi connectivity index (χ3n) is 5.01. The zero-order valence-corrected chi connectivity index (χ0v) is 15.3. The van der Waals surface area contributed by atoms with E-state index in [-0.39, 0.29) is 5.92 Å². The van der Waals surface area contributed by atoms with Crippen molar-refractivity contribution in [2.45, 2.75) is 18.9 Å². The van der Waals surface area contributed by atoms with Crippen molar-refractivity contribution in [3.05, 3.63) is 83.7 Å². The molecular formula is C23H21N3O2. The van der Waals surface area contributed by atoms with Gasteiger partial charge in [-0.3, -0.25) is 10.0 Å². The van der Waals surface area contributed by atoms with Crippen LogP contribution in [-0.4, -0.2) is 16.1 Å². The number of benzene rings is 2. The Morgan fingerprint density at radius 3 is 2.71 bits per heavy atom. The lowest BCUT2D eigenvalue weighted by molar-refractivity contribution is -0.132. The molecule has 28 heavy (non-hydrogen) atoms. The van der Waals surface area contributed by atoms with Crippen LogP contribution in [0.4, 0.5) is 0 Å². The van der Waals surface area contributed by atoms with Crippen molar-refractivity contribution in [1.82, 2.24) is 15.8 Å². The van der Waals surface area contributed by atoms with Crippen molar-refractivity contribution in [2.24, 2.45) is 5.92 Å². The highest BCUT2D eigenvalue weighted by Crippen LogP contribution is 2.30. The zero-order valence-electron chi connectivity index (χ0n) is 15.3. The van der Waals surface area contributed by atoms with Gasteiger partial charge in [0.1, 0.15) is 5.92 Å². The third-order valence-corrected chi connectivity index (χ3v) is 5.01. The number of carbonyl (C=O) groups is 1.